The van der Waals surface area contributed by atoms with Crippen molar-refractivity contribution >= 4 is 0 Å². The predicted octanol–water partition coefficient (Wildman–Crippen LogP) is 7.90. The average molecular weight is 396 g/mol. The van der Waals surface area contributed by atoms with Gasteiger partial charge >= 0.3 is 0 Å². The topological polar surface area (TPSA) is 0 Å². The highest BCUT2D eigenvalue weighted by molar-refractivity contribution is 5.65. The normalized spacial score (nSPS) is 19.8. The van der Waals surface area contributed by atoms with Gasteiger partial charge in [0.1, 0.15) is 0 Å². The Labute approximate surface area is 162 Å². The van der Waals surface area contributed by atoms with Gasteiger partial charge in [0, 0.05) is 5.56 Å². The van der Waals surface area contributed by atoms with Crippen LogP contribution in [0.4, 0.5) is 22.0 Å². The predicted molar refractivity (Wildman–Crippen MR) is 101 cm³/mol. The third kappa shape index (κ3) is 4.39. The van der Waals surface area contributed by atoms with E-state index in [0.717, 1.165) is 25.7 Å². The zero-order valence-corrected chi connectivity index (χ0v) is 16.0. The quantitative estimate of drug-likeness (QED) is 0.264. The van der Waals surface area contributed by atoms with Crippen LogP contribution in [0.15, 0.2) is 24.3 Å². The van der Waals surface area contributed by atoms with Gasteiger partial charge in [0.05, 0.1) is 0 Å². The molecular weight excluding hydrogens is 371 g/mol. The van der Waals surface area contributed by atoms with Crippen molar-refractivity contribution in [2.75, 3.05) is 0 Å². The monoisotopic (exact) mass is 396 g/mol. The number of hydrogen-bond donors (Lipinski definition) is 0. The third-order valence-electron chi connectivity index (χ3n) is 5.91. The Kier molecular flexibility index (Phi) is 6.73. The van der Waals surface area contributed by atoms with Gasteiger partial charge in [0.2, 0.25) is 0 Å². The van der Waals surface area contributed by atoms with Gasteiger partial charge in [-0.2, -0.15) is 0 Å². The molecule has 1 saturated carbocycles. The standard InChI is InChI=1S/C23H25F5/c1-2-3-4-5-14-6-8-15(9-7-14)17-10-11-18(22(27)21(17)26)16-12-19(24)23(28)20(25)13-16/h10-15H,2-9H2,1H3. The van der Waals surface area contributed by atoms with Crippen LogP contribution in [0.2, 0.25) is 0 Å². The van der Waals surface area contributed by atoms with E-state index in [1.807, 2.05) is 0 Å². The largest absolute Gasteiger partial charge is 0.204 e. The van der Waals surface area contributed by atoms with E-state index in [9.17, 15) is 22.0 Å². The van der Waals surface area contributed by atoms with E-state index in [1.54, 1.807) is 0 Å². The Morgan fingerprint density at radius 2 is 1.43 bits per heavy atom. The Morgan fingerprint density at radius 3 is 2.04 bits per heavy atom. The van der Waals surface area contributed by atoms with E-state index in [-0.39, 0.29) is 17.0 Å². The summed E-state index contributed by atoms with van der Waals surface area (Å²) in [5.74, 6) is -6.00. The van der Waals surface area contributed by atoms with Crippen molar-refractivity contribution in [3.8, 4) is 11.1 Å². The van der Waals surface area contributed by atoms with Crippen molar-refractivity contribution in [2.24, 2.45) is 5.92 Å². The molecule has 0 heterocycles. The molecule has 0 nitrogen and oxygen atoms in total. The smallest absolute Gasteiger partial charge is 0.194 e. The molecule has 1 aliphatic rings. The first-order chi connectivity index (χ1) is 13.4. The lowest BCUT2D eigenvalue weighted by molar-refractivity contribution is 0.298. The van der Waals surface area contributed by atoms with E-state index in [1.165, 1.54) is 37.8 Å². The second-order valence-electron chi connectivity index (χ2n) is 7.80. The summed E-state index contributed by atoms with van der Waals surface area (Å²) in [4.78, 5) is 0. The molecule has 0 saturated heterocycles. The molecule has 0 amide bonds. The number of hydrogen-bond acceptors (Lipinski definition) is 0. The van der Waals surface area contributed by atoms with Crippen LogP contribution < -0.4 is 0 Å². The highest BCUT2D eigenvalue weighted by Gasteiger charge is 2.26. The highest BCUT2D eigenvalue weighted by Crippen LogP contribution is 2.40. The lowest BCUT2D eigenvalue weighted by atomic mass is 9.76. The summed E-state index contributed by atoms with van der Waals surface area (Å²) in [5.41, 5.74) is -0.178. The Hall–Kier alpha value is -1.91. The van der Waals surface area contributed by atoms with E-state index in [4.69, 9.17) is 0 Å². The van der Waals surface area contributed by atoms with Gasteiger partial charge in [-0.1, -0.05) is 44.7 Å². The fourth-order valence-corrected chi connectivity index (χ4v) is 4.26. The fourth-order valence-electron chi connectivity index (χ4n) is 4.26. The molecule has 28 heavy (non-hydrogen) atoms. The van der Waals surface area contributed by atoms with E-state index in [2.05, 4.69) is 6.92 Å². The SMILES string of the molecule is CCCCCC1CCC(c2ccc(-c3cc(F)c(F)c(F)c3)c(F)c2F)CC1. The molecule has 3 rings (SSSR count). The maximum Gasteiger partial charge on any atom is 0.194 e. The van der Waals surface area contributed by atoms with Gasteiger partial charge in [-0.3, -0.25) is 0 Å². The van der Waals surface area contributed by atoms with E-state index < -0.39 is 29.1 Å². The maximum absolute atomic E-state index is 14.7. The molecular formula is C23H25F5. The Balaban J connectivity index is 1.76. The Morgan fingerprint density at radius 1 is 0.786 bits per heavy atom. The summed E-state index contributed by atoms with van der Waals surface area (Å²) >= 11 is 0. The average Bonchev–Trinajstić information content (AvgIpc) is 2.69. The van der Waals surface area contributed by atoms with Gasteiger partial charge in [0.25, 0.3) is 0 Å². The summed E-state index contributed by atoms with van der Waals surface area (Å²) in [7, 11) is 0. The van der Waals surface area contributed by atoms with Crippen molar-refractivity contribution in [1.29, 1.82) is 0 Å². The van der Waals surface area contributed by atoms with Crippen LogP contribution in [-0.4, -0.2) is 0 Å². The van der Waals surface area contributed by atoms with Gasteiger partial charge in [-0.25, -0.2) is 22.0 Å². The van der Waals surface area contributed by atoms with Crippen molar-refractivity contribution < 1.29 is 22.0 Å². The fraction of sp³-hybridized carbons (Fsp3) is 0.478. The zero-order chi connectivity index (χ0) is 20.3. The minimum atomic E-state index is -1.63. The first-order valence-corrected chi connectivity index (χ1v) is 10.0. The molecule has 5 heteroatoms. The molecule has 0 unspecified atom stereocenters. The first kappa shape index (κ1) is 20.8. The van der Waals surface area contributed by atoms with Crippen LogP contribution in [0.5, 0.6) is 0 Å². The summed E-state index contributed by atoms with van der Waals surface area (Å²) in [6.45, 7) is 2.17. The highest BCUT2D eigenvalue weighted by atomic mass is 19.2. The molecule has 0 aliphatic heterocycles. The molecule has 0 bridgehead atoms. The van der Waals surface area contributed by atoms with Crippen LogP contribution in [0.3, 0.4) is 0 Å². The third-order valence-corrected chi connectivity index (χ3v) is 5.91. The summed E-state index contributed by atoms with van der Waals surface area (Å²) in [6.07, 6.45) is 8.46. The molecule has 152 valence electrons. The first-order valence-electron chi connectivity index (χ1n) is 10.0. The van der Waals surface area contributed by atoms with Crippen LogP contribution in [0, 0.1) is 35.0 Å². The molecule has 1 fully saturated rings. The van der Waals surface area contributed by atoms with Crippen LogP contribution in [0.1, 0.15) is 69.8 Å². The summed E-state index contributed by atoms with van der Waals surface area (Å²) in [6, 6.07) is 4.18. The van der Waals surface area contributed by atoms with Crippen LogP contribution in [0.25, 0.3) is 11.1 Å². The van der Waals surface area contributed by atoms with Crippen molar-refractivity contribution in [1.82, 2.24) is 0 Å². The Bertz CT molecular complexity index is 799. The van der Waals surface area contributed by atoms with E-state index in [0.29, 0.717) is 23.6 Å². The molecule has 1 aliphatic carbocycles. The molecule has 0 atom stereocenters. The van der Waals surface area contributed by atoms with Crippen molar-refractivity contribution in [3.05, 3.63) is 58.9 Å². The van der Waals surface area contributed by atoms with E-state index >= 15 is 0 Å². The molecule has 0 radical (unpaired) electrons. The second kappa shape index (κ2) is 9.06. The minimum Gasteiger partial charge on any atom is -0.204 e. The molecule has 0 aromatic heterocycles. The van der Waals surface area contributed by atoms with Crippen LogP contribution in [-0.2, 0) is 0 Å². The summed E-state index contributed by atoms with van der Waals surface area (Å²) < 4.78 is 69.4. The molecule has 2 aromatic carbocycles. The minimum absolute atomic E-state index is 0.0485. The van der Waals surface area contributed by atoms with Gasteiger partial charge < -0.3 is 0 Å². The van der Waals surface area contributed by atoms with Gasteiger partial charge in [-0.05, 0) is 60.8 Å². The number of halogens is 5. The van der Waals surface area contributed by atoms with Crippen molar-refractivity contribution in [2.45, 2.75) is 64.2 Å². The molecule has 0 N–H and O–H groups in total. The number of rotatable bonds is 6. The number of unbranched alkanes of at least 4 members (excludes halogenated alkanes) is 2. The lowest BCUT2D eigenvalue weighted by Gasteiger charge is -2.29. The molecule has 0 spiro atoms. The van der Waals surface area contributed by atoms with Gasteiger partial charge in [0.15, 0.2) is 29.1 Å². The molecule has 2 aromatic rings. The van der Waals surface area contributed by atoms with Crippen molar-refractivity contribution in [3.63, 3.8) is 0 Å². The maximum atomic E-state index is 14.7. The zero-order valence-electron chi connectivity index (χ0n) is 16.0. The second-order valence-corrected chi connectivity index (χ2v) is 7.80. The number of benzene rings is 2. The summed E-state index contributed by atoms with van der Waals surface area (Å²) in [5, 5.41) is 0. The van der Waals surface area contributed by atoms with Crippen LogP contribution >= 0.6 is 0 Å². The lowest BCUT2D eigenvalue weighted by Crippen LogP contribution is -2.15. The van der Waals surface area contributed by atoms with Gasteiger partial charge in [-0.15, -0.1) is 0 Å².